The molecule has 6 N–H and O–H groups in total. The second-order valence-corrected chi connectivity index (χ2v) is 12.8. The summed E-state index contributed by atoms with van der Waals surface area (Å²) >= 11 is 0. The minimum atomic E-state index is -1.29. The lowest BCUT2D eigenvalue weighted by molar-refractivity contribution is -0.143. The van der Waals surface area contributed by atoms with E-state index in [0.717, 1.165) is 38.2 Å². The van der Waals surface area contributed by atoms with Gasteiger partial charge >= 0.3 is 0 Å². The van der Waals surface area contributed by atoms with E-state index in [2.05, 4.69) is 26.2 Å². The standard InChI is InChI=1S/C30H48F2N8O2/c1-18(2)24-5-4-21(31)14-35-19(3)26(28(33)36-24)29(41)37-25-16-34-15-23(32)27(25)39-10-12-40(13-11-39)30(42)22-17-38-8-6-20(22)7-9-38/h4-5,18-20,22-23,26,28,34-36H,6-17,33H2,1-3H3,(H,37,41)/b21-4+,24-5-. The highest BCUT2D eigenvalue weighted by Gasteiger charge is 2.41. The summed E-state index contributed by atoms with van der Waals surface area (Å²) in [7, 11) is 0. The summed E-state index contributed by atoms with van der Waals surface area (Å²) < 4.78 is 29.8. The van der Waals surface area contributed by atoms with Crippen LogP contribution in [0.3, 0.4) is 0 Å². The van der Waals surface area contributed by atoms with Crippen LogP contribution in [-0.4, -0.2) is 110 Å². The number of nitrogens with zero attached hydrogens (tertiary/aromatic N) is 3. The second kappa shape index (κ2) is 13.4. The van der Waals surface area contributed by atoms with Crippen LogP contribution in [0.25, 0.3) is 0 Å². The number of carbonyl (C=O) groups is 2. The lowest BCUT2D eigenvalue weighted by atomic mass is 9.78. The smallest absolute Gasteiger partial charge is 0.232 e. The monoisotopic (exact) mass is 590 g/mol. The molecule has 0 aromatic heterocycles. The molecule has 0 aliphatic carbocycles. The first-order chi connectivity index (χ1) is 20.1. The molecule has 2 amide bonds. The van der Waals surface area contributed by atoms with Crippen LogP contribution in [0.2, 0.25) is 0 Å². The Morgan fingerprint density at radius 2 is 1.79 bits per heavy atom. The van der Waals surface area contributed by atoms with Crippen molar-refractivity contribution in [2.45, 2.75) is 52.0 Å². The van der Waals surface area contributed by atoms with Gasteiger partial charge in [0.05, 0.1) is 29.4 Å². The SMILES string of the molecule is CC(C)/C1=C/C=C(/F)CNC(C)C(C(=O)NC2=C(N3CCN(C(=O)C4CN5CCC4CC5)CC3)C(F)CNC2)C(N)N1. The van der Waals surface area contributed by atoms with Gasteiger partial charge in [0.2, 0.25) is 11.8 Å². The number of piperazine rings is 1. The van der Waals surface area contributed by atoms with Crippen molar-refractivity contribution in [2.75, 3.05) is 65.4 Å². The number of halogens is 2. The fourth-order valence-corrected chi connectivity index (χ4v) is 7.09. The highest BCUT2D eigenvalue weighted by atomic mass is 19.1. The Kier molecular flexibility index (Phi) is 9.86. The van der Waals surface area contributed by atoms with Crippen LogP contribution in [0.1, 0.15) is 33.6 Å². The Morgan fingerprint density at radius 1 is 1.07 bits per heavy atom. The molecular weight excluding hydrogens is 542 g/mol. The van der Waals surface area contributed by atoms with Crippen molar-refractivity contribution in [3.05, 3.63) is 35.1 Å². The van der Waals surface area contributed by atoms with Crippen molar-refractivity contribution >= 4 is 11.8 Å². The summed E-state index contributed by atoms with van der Waals surface area (Å²) in [6.45, 7) is 11.3. The van der Waals surface area contributed by atoms with Crippen molar-refractivity contribution < 1.29 is 18.4 Å². The summed E-state index contributed by atoms with van der Waals surface area (Å²) in [5.74, 6) is -0.638. The predicted octanol–water partition coefficient (Wildman–Crippen LogP) is 0.617. The summed E-state index contributed by atoms with van der Waals surface area (Å²) in [5.41, 5.74) is 8.22. The van der Waals surface area contributed by atoms with Gasteiger partial charge in [0, 0.05) is 64.1 Å². The van der Waals surface area contributed by atoms with E-state index in [4.69, 9.17) is 5.73 Å². The first kappa shape index (κ1) is 30.9. The molecule has 42 heavy (non-hydrogen) atoms. The zero-order valence-corrected chi connectivity index (χ0v) is 25.2. The number of alkyl halides is 1. The van der Waals surface area contributed by atoms with Gasteiger partial charge in [-0.15, -0.1) is 0 Å². The Balaban J connectivity index is 1.28. The van der Waals surface area contributed by atoms with Crippen molar-refractivity contribution in [3.63, 3.8) is 0 Å². The van der Waals surface area contributed by atoms with Crippen molar-refractivity contribution in [3.8, 4) is 0 Å². The van der Waals surface area contributed by atoms with Crippen LogP contribution in [-0.2, 0) is 9.59 Å². The molecule has 4 saturated heterocycles. The molecule has 0 radical (unpaired) electrons. The maximum atomic E-state index is 15.5. The van der Waals surface area contributed by atoms with Gasteiger partial charge in [-0.1, -0.05) is 13.8 Å². The molecule has 0 saturated carbocycles. The third-order valence-corrected chi connectivity index (χ3v) is 9.63. The molecule has 0 aromatic carbocycles. The average molecular weight is 591 g/mol. The first-order valence-corrected chi connectivity index (χ1v) is 15.6. The van der Waals surface area contributed by atoms with Gasteiger partial charge in [-0.2, -0.15) is 0 Å². The van der Waals surface area contributed by atoms with Gasteiger partial charge in [-0.3, -0.25) is 9.59 Å². The minimum Gasteiger partial charge on any atom is -0.372 e. The van der Waals surface area contributed by atoms with E-state index in [1.807, 2.05) is 23.6 Å². The van der Waals surface area contributed by atoms with Gasteiger partial charge in [0.15, 0.2) is 6.17 Å². The van der Waals surface area contributed by atoms with E-state index in [1.165, 1.54) is 6.08 Å². The molecule has 12 heteroatoms. The molecular formula is C30H48F2N8O2. The van der Waals surface area contributed by atoms with Crippen molar-refractivity contribution in [1.82, 2.24) is 36.0 Å². The predicted molar refractivity (Wildman–Crippen MR) is 158 cm³/mol. The normalized spacial score (nSPS) is 37.0. The average Bonchev–Trinajstić information content (AvgIpc) is 2.98. The third kappa shape index (κ3) is 6.82. The molecule has 0 aromatic rings. The number of hydrogen-bond acceptors (Lipinski definition) is 8. The number of amides is 2. The van der Waals surface area contributed by atoms with Crippen LogP contribution in [0.15, 0.2) is 35.1 Å². The molecule has 6 heterocycles. The van der Waals surface area contributed by atoms with E-state index in [9.17, 15) is 14.0 Å². The zero-order chi connectivity index (χ0) is 30.0. The van der Waals surface area contributed by atoms with E-state index in [0.29, 0.717) is 50.0 Å². The van der Waals surface area contributed by atoms with Gasteiger partial charge < -0.3 is 41.7 Å². The summed E-state index contributed by atoms with van der Waals surface area (Å²) in [6, 6.07) is -0.458. The second-order valence-electron chi connectivity index (χ2n) is 12.8. The largest absolute Gasteiger partial charge is 0.372 e. The van der Waals surface area contributed by atoms with Gasteiger partial charge in [0.25, 0.3) is 0 Å². The highest BCUT2D eigenvalue weighted by Crippen LogP contribution is 2.34. The lowest BCUT2D eigenvalue weighted by Gasteiger charge is -2.47. The number of fused-ring (bicyclic) bond motifs is 3. The van der Waals surface area contributed by atoms with Crippen LogP contribution < -0.4 is 27.0 Å². The fraction of sp³-hybridized carbons (Fsp3) is 0.733. The number of nitrogens with two attached hydrogens (primary N) is 1. The summed E-state index contributed by atoms with van der Waals surface area (Å²) in [6.07, 6.45) is 3.21. The molecule has 6 aliphatic heterocycles. The number of hydrogen-bond donors (Lipinski definition) is 5. The molecule has 5 atom stereocenters. The number of piperidine rings is 3. The summed E-state index contributed by atoms with van der Waals surface area (Å²) in [4.78, 5) is 33.5. The molecule has 10 nitrogen and oxygen atoms in total. The van der Waals surface area contributed by atoms with E-state index in [1.54, 1.807) is 13.0 Å². The third-order valence-electron chi connectivity index (χ3n) is 9.63. The fourth-order valence-electron chi connectivity index (χ4n) is 7.09. The lowest BCUT2D eigenvalue weighted by Crippen LogP contribution is -2.59. The van der Waals surface area contributed by atoms with Crippen molar-refractivity contribution in [2.24, 2.45) is 29.4 Å². The topological polar surface area (TPSA) is 118 Å². The quantitative estimate of drug-likeness (QED) is 0.317. The van der Waals surface area contributed by atoms with Crippen molar-refractivity contribution in [1.29, 1.82) is 0 Å². The molecule has 6 aliphatic rings. The molecule has 6 rings (SSSR count). The number of carbonyl (C=O) groups excluding carboxylic acids is 2. The molecule has 0 spiro atoms. The van der Waals surface area contributed by atoms with Crippen LogP contribution >= 0.6 is 0 Å². The van der Waals surface area contributed by atoms with Gasteiger partial charge in [0.1, 0.15) is 5.83 Å². The number of rotatable bonds is 5. The van der Waals surface area contributed by atoms with Gasteiger partial charge in [-0.05, 0) is 56.8 Å². The van der Waals surface area contributed by atoms with Crippen LogP contribution in [0.4, 0.5) is 8.78 Å². The minimum absolute atomic E-state index is 0.0236. The summed E-state index contributed by atoms with van der Waals surface area (Å²) in [5, 5.41) is 12.3. The Morgan fingerprint density at radius 3 is 2.43 bits per heavy atom. The molecule has 5 unspecified atom stereocenters. The molecule has 2 bridgehead atoms. The van der Waals surface area contributed by atoms with E-state index < -0.39 is 24.3 Å². The van der Waals surface area contributed by atoms with E-state index in [-0.39, 0.29) is 42.6 Å². The highest BCUT2D eigenvalue weighted by molar-refractivity contribution is 5.82. The number of nitrogens with one attached hydrogen (secondary N) is 4. The first-order valence-electron chi connectivity index (χ1n) is 15.6. The van der Waals surface area contributed by atoms with Gasteiger partial charge in [-0.25, -0.2) is 8.78 Å². The Hall–Kier alpha value is -2.54. The molecule has 4 fully saturated rings. The Labute approximate surface area is 248 Å². The van der Waals surface area contributed by atoms with Crippen LogP contribution in [0.5, 0.6) is 0 Å². The maximum Gasteiger partial charge on any atom is 0.232 e. The molecule has 234 valence electrons. The Bertz CT molecular complexity index is 1090. The number of allylic oxidation sites excluding steroid dienone is 3. The maximum absolute atomic E-state index is 15.5. The van der Waals surface area contributed by atoms with Crippen LogP contribution in [0, 0.1) is 23.7 Å². The zero-order valence-electron chi connectivity index (χ0n) is 25.2. The van der Waals surface area contributed by atoms with E-state index >= 15 is 4.39 Å².